The third kappa shape index (κ3) is 6.87. The molecular formula is C33H37F3O2. The lowest BCUT2D eigenvalue weighted by Crippen LogP contribution is -2.20. The number of allylic oxidation sites excluding steroid dienone is 1. The lowest BCUT2D eigenvalue weighted by atomic mass is 9.90. The smallest absolute Gasteiger partial charge is 0.201 e. The minimum Gasteiger partial charge on any atom is -0.486 e. The lowest BCUT2D eigenvalue weighted by Gasteiger charge is -2.29. The normalized spacial score (nSPS) is 17.7. The molecule has 5 heteroatoms. The number of ether oxygens (including phenoxy) is 2. The van der Waals surface area contributed by atoms with Crippen molar-refractivity contribution in [2.75, 3.05) is 13.2 Å². The van der Waals surface area contributed by atoms with Crippen molar-refractivity contribution in [3.63, 3.8) is 0 Å². The van der Waals surface area contributed by atoms with E-state index in [4.69, 9.17) is 9.47 Å². The van der Waals surface area contributed by atoms with Gasteiger partial charge in [0, 0.05) is 11.1 Å². The number of rotatable bonds is 11. The Kier molecular flexibility index (Phi) is 10.1. The van der Waals surface area contributed by atoms with Crippen LogP contribution in [0.2, 0.25) is 0 Å². The predicted octanol–water partition coefficient (Wildman–Crippen LogP) is 9.83. The van der Waals surface area contributed by atoms with Crippen molar-refractivity contribution < 1.29 is 22.6 Å². The summed E-state index contributed by atoms with van der Waals surface area (Å²) in [5, 5.41) is 0. The van der Waals surface area contributed by atoms with E-state index in [0.29, 0.717) is 22.6 Å². The van der Waals surface area contributed by atoms with E-state index in [1.165, 1.54) is 37.8 Å². The van der Waals surface area contributed by atoms with Crippen LogP contribution in [0.25, 0.3) is 22.3 Å². The molecule has 3 aromatic rings. The zero-order chi connectivity index (χ0) is 26.9. The van der Waals surface area contributed by atoms with Gasteiger partial charge in [-0.3, -0.25) is 0 Å². The first kappa shape index (κ1) is 28.0. The van der Waals surface area contributed by atoms with Crippen LogP contribution in [0.4, 0.5) is 13.2 Å². The van der Waals surface area contributed by atoms with Gasteiger partial charge in [0.15, 0.2) is 11.6 Å². The molecule has 0 amide bonds. The fourth-order valence-electron chi connectivity index (χ4n) is 5.01. The molecule has 1 fully saturated rings. The average molecular weight is 523 g/mol. The Morgan fingerprint density at radius 1 is 0.842 bits per heavy atom. The van der Waals surface area contributed by atoms with Crippen molar-refractivity contribution in [3.05, 3.63) is 89.8 Å². The second-order valence-corrected chi connectivity index (χ2v) is 10.0. The summed E-state index contributed by atoms with van der Waals surface area (Å²) in [6.07, 6.45) is 11.4. The maximum atomic E-state index is 15.1. The first-order chi connectivity index (χ1) is 18.5. The van der Waals surface area contributed by atoms with Gasteiger partial charge in [-0.15, -0.1) is 0 Å². The summed E-state index contributed by atoms with van der Waals surface area (Å²) < 4.78 is 55.9. The maximum Gasteiger partial charge on any atom is 0.201 e. The summed E-state index contributed by atoms with van der Waals surface area (Å²) >= 11 is 0. The minimum atomic E-state index is -1.02. The number of hydrogen-bond acceptors (Lipinski definition) is 2. The van der Waals surface area contributed by atoms with Crippen LogP contribution >= 0.6 is 0 Å². The molecule has 1 heterocycles. The van der Waals surface area contributed by atoms with Crippen LogP contribution in [-0.2, 0) is 4.74 Å². The quantitative estimate of drug-likeness (QED) is 0.184. The first-order valence-electron chi connectivity index (χ1n) is 13.8. The molecular weight excluding hydrogens is 485 g/mol. The monoisotopic (exact) mass is 522 g/mol. The average Bonchev–Trinajstić information content (AvgIpc) is 2.94. The molecule has 0 saturated carbocycles. The lowest BCUT2D eigenvalue weighted by molar-refractivity contribution is -0.0200. The first-order valence-corrected chi connectivity index (χ1v) is 13.8. The van der Waals surface area contributed by atoms with E-state index in [1.54, 1.807) is 42.5 Å². The van der Waals surface area contributed by atoms with Gasteiger partial charge in [0.25, 0.3) is 0 Å². The van der Waals surface area contributed by atoms with E-state index >= 15 is 4.39 Å². The third-order valence-corrected chi connectivity index (χ3v) is 7.24. The van der Waals surface area contributed by atoms with Crippen LogP contribution in [0.5, 0.6) is 5.75 Å². The van der Waals surface area contributed by atoms with Gasteiger partial charge in [0.2, 0.25) is 5.82 Å². The van der Waals surface area contributed by atoms with E-state index in [1.807, 2.05) is 19.1 Å². The van der Waals surface area contributed by atoms with Crippen molar-refractivity contribution in [1.29, 1.82) is 0 Å². The molecule has 38 heavy (non-hydrogen) atoms. The summed E-state index contributed by atoms with van der Waals surface area (Å²) in [5.74, 6) is -1.83. The molecule has 2 unspecified atom stereocenters. The largest absolute Gasteiger partial charge is 0.486 e. The molecule has 0 N–H and O–H groups in total. The van der Waals surface area contributed by atoms with E-state index in [9.17, 15) is 8.78 Å². The topological polar surface area (TPSA) is 18.5 Å². The van der Waals surface area contributed by atoms with Crippen LogP contribution in [-0.4, -0.2) is 13.2 Å². The highest BCUT2D eigenvalue weighted by atomic mass is 19.2. The van der Waals surface area contributed by atoms with Gasteiger partial charge in [-0.2, -0.15) is 4.39 Å². The number of benzene rings is 3. The molecule has 0 aliphatic carbocycles. The Labute approximate surface area is 224 Å². The van der Waals surface area contributed by atoms with Crippen LogP contribution < -0.4 is 4.74 Å². The van der Waals surface area contributed by atoms with Gasteiger partial charge in [-0.1, -0.05) is 81.7 Å². The van der Waals surface area contributed by atoms with E-state index in [0.717, 1.165) is 31.4 Å². The summed E-state index contributed by atoms with van der Waals surface area (Å²) in [5.41, 5.74) is 2.62. The highest BCUT2D eigenvalue weighted by Gasteiger charge is 2.23. The molecule has 2 nitrogen and oxygen atoms in total. The second kappa shape index (κ2) is 13.7. The Balaban J connectivity index is 1.42. The standard InChI is InChI=1S/C33H37F3O2/c1-3-5-7-9-23-10-18-30(38-22-23)26-15-16-27(29(34)21-26)24-11-13-25(14-12-24)28-17-19-31(33(36)32(28)35)37-20-8-6-4-2/h6,8,11-17,19,21,23,30H,3-5,7,9-10,18,20,22H2,1-2H3/b8-6+. The van der Waals surface area contributed by atoms with Gasteiger partial charge < -0.3 is 9.47 Å². The van der Waals surface area contributed by atoms with Gasteiger partial charge in [-0.25, -0.2) is 8.78 Å². The van der Waals surface area contributed by atoms with Crippen LogP contribution in [0.1, 0.15) is 70.5 Å². The Hall–Kier alpha value is -3.05. The Bertz CT molecular complexity index is 1210. The van der Waals surface area contributed by atoms with Crippen molar-refractivity contribution in [2.45, 2.75) is 64.9 Å². The zero-order valence-electron chi connectivity index (χ0n) is 22.3. The van der Waals surface area contributed by atoms with Crippen LogP contribution in [0.3, 0.4) is 0 Å². The molecule has 2 atom stereocenters. The van der Waals surface area contributed by atoms with Gasteiger partial charge in [0.05, 0.1) is 12.7 Å². The van der Waals surface area contributed by atoms with Gasteiger partial charge >= 0.3 is 0 Å². The molecule has 0 aromatic heterocycles. The van der Waals surface area contributed by atoms with E-state index < -0.39 is 11.6 Å². The predicted molar refractivity (Wildman–Crippen MR) is 148 cm³/mol. The maximum absolute atomic E-state index is 15.1. The molecule has 1 aliphatic rings. The summed E-state index contributed by atoms with van der Waals surface area (Å²) in [4.78, 5) is 0. The van der Waals surface area contributed by atoms with E-state index in [2.05, 4.69) is 6.92 Å². The number of unbranched alkanes of at least 4 members (excludes halogenated alkanes) is 2. The second-order valence-electron chi connectivity index (χ2n) is 10.0. The van der Waals surface area contributed by atoms with Crippen LogP contribution in [0, 0.1) is 23.4 Å². The molecule has 0 bridgehead atoms. The Morgan fingerprint density at radius 2 is 1.58 bits per heavy atom. The summed E-state index contributed by atoms with van der Waals surface area (Å²) in [7, 11) is 0. The number of hydrogen-bond donors (Lipinski definition) is 0. The molecule has 1 aliphatic heterocycles. The fraction of sp³-hybridized carbons (Fsp3) is 0.394. The number of halogens is 3. The van der Waals surface area contributed by atoms with Crippen molar-refractivity contribution in [1.82, 2.24) is 0 Å². The van der Waals surface area contributed by atoms with Crippen molar-refractivity contribution in [2.24, 2.45) is 5.92 Å². The molecule has 0 radical (unpaired) electrons. The van der Waals surface area contributed by atoms with Crippen molar-refractivity contribution in [3.8, 4) is 28.0 Å². The molecule has 3 aromatic carbocycles. The van der Waals surface area contributed by atoms with E-state index in [-0.39, 0.29) is 29.8 Å². The molecule has 202 valence electrons. The zero-order valence-corrected chi connectivity index (χ0v) is 22.3. The van der Waals surface area contributed by atoms with Gasteiger partial charge in [-0.05, 0) is 66.5 Å². The highest BCUT2D eigenvalue weighted by molar-refractivity contribution is 5.71. The fourth-order valence-corrected chi connectivity index (χ4v) is 5.01. The highest BCUT2D eigenvalue weighted by Crippen LogP contribution is 2.36. The van der Waals surface area contributed by atoms with Gasteiger partial charge in [0.1, 0.15) is 12.4 Å². The molecule has 4 rings (SSSR count). The minimum absolute atomic E-state index is 0.0733. The third-order valence-electron chi connectivity index (χ3n) is 7.24. The molecule has 1 saturated heterocycles. The molecule has 0 spiro atoms. The summed E-state index contributed by atoms with van der Waals surface area (Å²) in [6.45, 7) is 5.11. The van der Waals surface area contributed by atoms with Crippen molar-refractivity contribution >= 4 is 0 Å². The summed E-state index contributed by atoms with van der Waals surface area (Å²) in [6, 6.07) is 15.0. The Morgan fingerprint density at radius 3 is 2.24 bits per heavy atom. The van der Waals surface area contributed by atoms with Crippen LogP contribution in [0.15, 0.2) is 66.7 Å². The SMILES string of the molecule is CC/C=C/COc1ccc(-c2ccc(-c3ccc(C4CCC(CCCCC)CO4)cc3F)cc2)c(F)c1F.